The highest BCUT2D eigenvalue weighted by atomic mass is 16.6. The second kappa shape index (κ2) is 5.61. The first-order valence-electron chi connectivity index (χ1n) is 7.21. The van der Waals surface area contributed by atoms with Gasteiger partial charge in [-0.15, -0.1) is 0 Å². The van der Waals surface area contributed by atoms with E-state index in [1.54, 1.807) is 0 Å². The summed E-state index contributed by atoms with van der Waals surface area (Å²) in [5.41, 5.74) is 2.39. The van der Waals surface area contributed by atoms with Crippen molar-refractivity contribution in [2.24, 2.45) is 0 Å². The van der Waals surface area contributed by atoms with E-state index in [0.29, 0.717) is 18.0 Å². The Labute approximate surface area is 117 Å². The lowest BCUT2D eigenvalue weighted by molar-refractivity contribution is -0.131. The Balaban J connectivity index is 1.67. The molecule has 1 fully saturated rings. The normalized spacial score (nSPS) is 16.4. The molecule has 0 bridgehead atoms. The van der Waals surface area contributed by atoms with Crippen molar-refractivity contribution in [3.63, 3.8) is 0 Å². The van der Waals surface area contributed by atoms with E-state index < -0.39 is 0 Å². The van der Waals surface area contributed by atoms with Crippen LogP contribution < -0.4 is 0 Å². The summed E-state index contributed by atoms with van der Waals surface area (Å²) < 4.78 is 4.67. The molecular formula is C15H19N3O2. The van der Waals surface area contributed by atoms with Gasteiger partial charge in [0.05, 0.1) is 6.42 Å². The summed E-state index contributed by atoms with van der Waals surface area (Å²) in [7, 11) is 1.93. The minimum Gasteiger partial charge on any atom is -0.342 e. The zero-order valence-corrected chi connectivity index (χ0v) is 11.7. The standard InChI is InChI=1S/C15H19N3O2/c1-18(12-5-3-2-4-6-12)15(19)10-11-7-8-13-14(9-11)17-20-16-13/h7-9,12H,2-6,10H2,1H3. The molecule has 1 amide bonds. The Morgan fingerprint density at radius 2 is 2.00 bits per heavy atom. The van der Waals surface area contributed by atoms with Crippen LogP contribution in [0.3, 0.4) is 0 Å². The SMILES string of the molecule is CN(C(=O)Cc1ccc2nonc2c1)C1CCCCC1. The molecule has 3 rings (SSSR count). The van der Waals surface area contributed by atoms with Crippen molar-refractivity contribution < 1.29 is 9.42 Å². The Bertz CT molecular complexity index is 602. The lowest BCUT2D eigenvalue weighted by atomic mass is 9.94. The van der Waals surface area contributed by atoms with Crippen LogP contribution in [0.4, 0.5) is 0 Å². The van der Waals surface area contributed by atoms with Crippen LogP contribution in [0.1, 0.15) is 37.7 Å². The van der Waals surface area contributed by atoms with Gasteiger partial charge in [0.2, 0.25) is 5.91 Å². The number of fused-ring (bicyclic) bond motifs is 1. The van der Waals surface area contributed by atoms with Crippen LogP contribution in [-0.4, -0.2) is 34.2 Å². The van der Waals surface area contributed by atoms with Crippen molar-refractivity contribution in [1.82, 2.24) is 15.2 Å². The quantitative estimate of drug-likeness (QED) is 0.862. The smallest absolute Gasteiger partial charge is 0.226 e. The Hall–Kier alpha value is -1.91. The number of amides is 1. The van der Waals surface area contributed by atoms with E-state index in [-0.39, 0.29) is 5.91 Å². The fourth-order valence-corrected chi connectivity index (χ4v) is 2.91. The van der Waals surface area contributed by atoms with Crippen LogP contribution in [-0.2, 0) is 11.2 Å². The number of likely N-dealkylation sites (N-methyl/N-ethyl adjacent to an activating group) is 1. The second-order valence-electron chi connectivity index (χ2n) is 5.56. The monoisotopic (exact) mass is 273 g/mol. The second-order valence-corrected chi connectivity index (χ2v) is 5.56. The van der Waals surface area contributed by atoms with E-state index in [0.717, 1.165) is 23.9 Å². The molecule has 1 aromatic carbocycles. The van der Waals surface area contributed by atoms with Crippen molar-refractivity contribution in [1.29, 1.82) is 0 Å². The van der Waals surface area contributed by atoms with Crippen LogP contribution >= 0.6 is 0 Å². The predicted octanol–water partition coefficient (Wildman–Crippen LogP) is 2.56. The molecule has 1 aliphatic rings. The summed E-state index contributed by atoms with van der Waals surface area (Å²) in [6, 6.07) is 6.04. The Morgan fingerprint density at radius 3 is 2.80 bits per heavy atom. The average molecular weight is 273 g/mol. The highest BCUT2D eigenvalue weighted by molar-refractivity contribution is 5.81. The summed E-state index contributed by atoms with van der Waals surface area (Å²) >= 11 is 0. The van der Waals surface area contributed by atoms with Gasteiger partial charge in [0.15, 0.2) is 0 Å². The number of hydrogen-bond donors (Lipinski definition) is 0. The van der Waals surface area contributed by atoms with E-state index >= 15 is 0 Å². The summed E-state index contributed by atoms with van der Waals surface area (Å²) in [6.45, 7) is 0. The molecule has 1 aromatic heterocycles. The van der Waals surface area contributed by atoms with Crippen molar-refractivity contribution in [2.45, 2.75) is 44.6 Å². The molecule has 1 saturated carbocycles. The first kappa shape index (κ1) is 13.1. The van der Waals surface area contributed by atoms with E-state index in [4.69, 9.17) is 0 Å². The molecule has 0 saturated heterocycles. The third-order valence-corrected chi connectivity index (χ3v) is 4.19. The molecule has 0 N–H and O–H groups in total. The highest BCUT2D eigenvalue weighted by Crippen LogP contribution is 2.22. The van der Waals surface area contributed by atoms with Crippen LogP contribution in [0.25, 0.3) is 11.0 Å². The maximum atomic E-state index is 12.4. The molecule has 5 heteroatoms. The molecule has 0 unspecified atom stereocenters. The molecule has 0 spiro atoms. The zero-order valence-electron chi connectivity index (χ0n) is 11.7. The first-order valence-corrected chi connectivity index (χ1v) is 7.21. The summed E-state index contributed by atoms with van der Waals surface area (Å²) in [5.74, 6) is 0.174. The number of aromatic nitrogens is 2. The lowest BCUT2D eigenvalue weighted by Crippen LogP contribution is -2.39. The molecule has 5 nitrogen and oxygen atoms in total. The number of carbonyl (C=O) groups is 1. The van der Waals surface area contributed by atoms with Gasteiger partial charge in [0.1, 0.15) is 11.0 Å². The van der Waals surface area contributed by atoms with Crippen molar-refractivity contribution in [2.75, 3.05) is 7.05 Å². The number of carbonyl (C=O) groups excluding carboxylic acids is 1. The minimum absolute atomic E-state index is 0.174. The predicted molar refractivity (Wildman–Crippen MR) is 75.2 cm³/mol. The summed E-state index contributed by atoms with van der Waals surface area (Å²) in [6.07, 6.45) is 6.45. The number of benzene rings is 1. The minimum atomic E-state index is 0.174. The number of nitrogens with zero attached hydrogens (tertiary/aromatic N) is 3. The van der Waals surface area contributed by atoms with Crippen LogP contribution in [0.15, 0.2) is 22.8 Å². The third-order valence-electron chi connectivity index (χ3n) is 4.19. The van der Waals surface area contributed by atoms with Gasteiger partial charge in [0, 0.05) is 13.1 Å². The van der Waals surface area contributed by atoms with Crippen LogP contribution in [0.2, 0.25) is 0 Å². The fraction of sp³-hybridized carbons (Fsp3) is 0.533. The molecule has 2 aromatic rings. The van der Waals surface area contributed by atoms with E-state index in [1.807, 2.05) is 30.1 Å². The van der Waals surface area contributed by atoms with E-state index in [9.17, 15) is 4.79 Å². The molecule has 0 radical (unpaired) electrons. The van der Waals surface area contributed by atoms with Crippen LogP contribution in [0.5, 0.6) is 0 Å². The van der Waals surface area contributed by atoms with Crippen molar-refractivity contribution in [3.8, 4) is 0 Å². The van der Waals surface area contributed by atoms with Gasteiger partial charge < -0.3 is 4.90 Å². The molecule has 106 valence electrons. The third kappa shape index (κ3) is 2.66. The highest BCUT2D eigenvalue weighted by Gasteiger charge is 2.22. The van der Waals surface area contributed by atoms with Gasteiger partial charge in [-0.2, -0.15) is 0 Å². The van der Waals surface area contributed by atoms with E-state index in [2.05, 4.69) is 14.9 Å². The molecule has 20 heavy (non-hydrogen) atoms. The first-order chi connectivity index (χ1) is 9.74. The average Bonchev–Trinajstić information content (AvgIpc) is 2.95. The van der Waals surface area contributed by atoms with Gasteiger partial charge >= 0.3 is 0 Å². The van der Waals surface area contributed by atoms with Gasteiger partial charge in [-0.25, -0.2) is 4.63 Å². The maximum absolute atomic E-state index is 12.4. The lowest BCUT2D eigenvalue weighted by Gasteiger charge is -2.31. The molecular weight excluding hydrogens is 254 g/mol. The van der Waals surface area contributed by atoms with Gasteiger partial charge in [0.25, 0.3) is 0 Å². The fourth-order valence-electron chi connectivity index (χ4n) is 2.91. The van der Waals surface area contributed by atoms with Gasteiger partial charge in [-0.3, -0.25) is 4.79 Å². The number of rotatable bonds is 3. The van der Waals surface area contributed by atoms with Gasteiger partial charge in [-0.05, 0) is 40.9 Å². The molecule has 0 aliphatic heterocycles. The Kier molecular flexibility index (Phi) is 3.67. The van der Waals surface area contributed by atoms with Crippen LogP contribution in [0, 0.1) is 0 Å². The molecule has 0 atom stereocenters. The Morgan fingerprint density at radius 1 is 1.25 bits per heavy atom. The zero-order chi connectivity index (χ0) is 13.9. The molecule has 1 aliphatic carbocycles. The van der Waals surface area contributed by atoms with E-state index in [1.165, 1.54) is 19.3 Å². The topological polar surface area (TPSA) is 59.2 Å². The van der Waals surface area contributed by atoms with Crippen molar-refractivity contribution in [3.05, 3.63) is 23.8 Å². The summed E-state index contributed by atoms with van der Waals surface area (Å²) in [5, 5.41) is 7.58. The van der Waals surface area contributed by atoms with Crippen molar-refractivity contribution >= 4 is 16.9 Å². The molecule has 1 heterocycles. The van der Waals surface area contributed by atoms with Gasteiger partial charge in [-0.1, -0.05) is 25.3 Å². The maximum Gasteiger partial charge on any atom is 0.226 e. The number of hydrogen-bond acceptors (Lipinski definition) is 4. The summed E-state index contributed by atoms with van der Waals surface area (Å²) in [4.78, 5) is 14.3. The largest absolute Gasteiger partial charge is 0.342 e.